The van der Waals surface area contributed by atoms with Crippen LogP contribution in [-0.4, -0.2) is 34.8 Å². The molecule has 2 amide bonds. The molecule has 1 saturated heterocycles. The van der Waals surface area contributed by atoms with Crippen molar-refractivity contribution in [2.45, 2.75) is 32.9 Å². The molecule has 0 saturated carbocycles. The maximum absolute atomic E-state index is 11.7. The Hall–Kier alpha value is -1.27. The van der Waals surface area contributed by atoms with E-state index in [0.717, 1.165) is 15.6 Å². The fourth-order valence-electron chi connectivity index (χ4n) is 1.87. The monoisotopic (exact) mass is 253 g/mol. The van der Waals surface area contributed by atoms with Gasteiger partial charge in [0.2, 0.25) is 11.8 Å². The van der Waals surface area contributed by atoms with Crippen molar-refractivity contribution in [1.82, 2.24) is 15.2 Å². The second kappa shape index (κ2) is 4.54. The SMILES string of the molecule is Cc1nc(C)c(CNC2CC(=O)N(C)C2=O)s1. The molecule has 1 unspecified atom stereocenters. The molecule has 1 aromatic rings. The number of imide groups is 1. The normalized spacial score (nSPS) is 20.4. The number of hydrogen-bond donors (Lipinski definition) is 1. The van der Waals surface area contributed by atoms with Gasteiger partial charge in [0.15, 0.2) is 0 Å². The number of nitrogens with one attached hydrogen (secondary N) is 1. The van der Waals surface area contributed by atoms with Crippen molar-refractivity contribution in [3.05, 3.63) is 15.6 Å². The number of hydrogen-bond acceptors (Lipinski definition) is 5. The van der Waals surface area contributed by atoms with E-state index < -0.39 is 0 Å². The predicted octanol–water partition coefficient (Wildman–Crippen LogP) is 0.607. The fraction of sp³-hybridized carbons (Fsp3) is 0.545. The molecule has 2 heterocycles. The minimum atomic E-state index is -0.380. The van der Waals surface area contributed by atoms with E-state index in [1.54, 1.807) is 11.3 Å². The summed E-state index contributed by atoms with van der Waals surface area (Å²) >= 11 is 1.62. The van der Waals surface area contributed by atoms with E-state index in [1.165, 1.54) is 11.9 Å². The molecule has 1 atom stereocenters. The zero-order chi connectivity index (χ0) is 12.6. The van der Waals surface area contributed by atoms with Gasteiger partial charge in [-0.1, -0.05) is 0 Å². The third-order valence-electron chi connectivity index (χ3n) is 2.89. The van der Waals surface area contributed by atoms with Crippen molar-refractivity contribution in [1.29, 1.82) is 0 Å². The fourth-order valence-corrected chi connectivity index (χ4v) is 2.76. The molecule has 0 aliphatic carbocycles. The summed E-state index contributed by atoms with van der Waals surface area (Å²) in [4.78, 5) is 29.6. The van der Waals surface area contributed by atoms with Crippen LogP contribution in [0.3, 0.4) is 0 Å². The highest BCUT2D eigenvalue weighted by molar-refractivity contribution is 7.11. The number of rotatable bonds is 3. The van der Waals surface area contributed by atoms with Gasteiger partial charge in [0.25, 0.3) is 0 Å². The highest BCUT2D eigenvalue weighted by Crippen LogP contribution is 2.18. The summed E-state index contributed by atoms with van der Waals surface area (Å²) in [7, 11) is 1.52. The smallest absolute Gasteiger partial charge is 0.246 e. The van der Waals surface area contributed by atoms with E-state index in [9.17, 15) is 9.59 Å². The number of aromatic nitrogens is 1. The molecule has 2 rings (SSSR count). The summed E-state index contributed by atoms with van der Waals surface area (Å²) in [5, 5.41) is 4.14. The predicted molar refractivity (Wildman–Crippen MR) is 64.6 cm³/mol. The number of thiazole rings is 1. The summed E-state index contributed by atoms with van der Waals surface area (Å²) in [5.74, 6) is -0.265. The quantitative estimate of drug-likeness (QED) is 0.802. The van der Waals surface area contributed by atoms with E-state index in [2.05, 4.69) is 10.3 Å². The van der Waals surface area contributed by atoms with Crippen LogP contribution >= 0.6 is 11.3 Å². The van der Waals surface area contributed by atoms with Gasteiger partial charge in [-0.3, -0.25) is 14.5 Å². The van der Waals surface area contributed by atoms with Crippen LogP contribution in [0.15, 0.2) is 0 Å². The third-order valence-corrected chi connectivity index (χ3v) is 3.96. The average molecular weight is 253 g/mol. The Morgan fingerprint density at radius 1 is 1.47 bits per heavy atom. The van der Waals surface area contributed by atoms with Crippen molar-refractivity contribution in [2.24, 2.45) is 0 Å². The summed E-state index contributed by atoms with van der Waals surface area (Å²) in [6.45, 7) is 4.50. The maximum atomic E-state index is 11.7. The van der Waals surface area contributed by atoms with Gasteiger partial charge in [-0.25, -0.2) is 4.98 Å². The zero-order valence-corrected chi connectivity index (χ0v) is 10.9. The summed E-state index contributed by atoms with van der Waals surface area (Å²) in [6.07, 6.45) is 0.256. The Bertz CT molecular complexity index is 469. The van der Waals surface area contributed by atoms with Crippen LogP contribution in [0.4, 0.5) is 0 Å². The first-order valence-corrected chi connectivity index (χ1v) is 6.27. The van der Waals surface area contributed by atoms with E-state index in [1.807, 2.05) is 13.8 Å². The zero-order valence-electron chi connectivity index (χ0n) is 10.1. The largest absolute Gasteiger partial charge is 0.300 e. The van der Waals surface area contributed by atoms with Gasteiger partial charge in [0, 0.05) is 18.5 Å². The van der Waals surface area contributed by atoms with Crippen molar-refractivity contribution in [3.8, 4) is 0 Å². The Kier molecular flexibility index (Phi) is 3.26. The van der Waals surface area contributed by atoms with E-state index in [4.69, 9.17) is 0 Å². The van der Waals surface area contributed by atoms with Crippen molar-refractivity contribution >= 4 is 23.2 Å². The number of amides is 2. The number of aryl methyl sites for hydroxylation is 2. The van der Waals surface area contributed by atoms with Gasteiger partial charge >= 0.3 is 0 Å². The number of likely N-dealkylation sites (tertiary alicyclic amines) is 1. The van der Waals surface area contributed by atoms with E-state index in [-0.39, 0.29) is 24.3 Å². The molecule has 1 aromatic heterocycles. The molecular weight excluding hydrogens is 238 g/mol. The molecule has 17 heavy (non-hydrogen) atoms. The van der Waals surface area contributed by atoms with Crippen LogP contribution in [-0.2, 0) is 16.1 Å². The topological polar surface area (TPSA) is 62.3 Å². The minimum Gasteiger partial charge on any atom is -0.300 e. The number of carbonyl (C=O) groups is 2. The van der Waals surface area contributed by atoms with E-state index >= 15 is 0 Å². The van der Waals surface area contributed by atoms with Gasteiger partial charge in [-0.2, -0.15) is 0 Å². The van der Waals surface area contributed by atoms with Gasteiger partial charge in [0.05, 0.1) is 23.2 Å². The van der Waals surface area contributed by atoms with E-state index in [0.29, 0.717) is 6.54 Å². The maximum Gasteiger partial charge on any atom is 0.246 e. The highest BCUT2D eigenvalue weighted by atomic mass is 32.1. The first kappa shape index (κ1) is 12.2. The van der Waals surface area contributed by atoms with Crippen LogP contribution in [0.25, 0.3) is 0 Å². The molecule has 0 aromatic carbocycles. The molecular formula is C11H15N3O2S. The summed E-state index contributed by atoms with van der Waals surface area (Å²) in [5.41, 5.74) is 0.991. The molecule has 5 nitrogen and oxygen atoms in total. The summed E-state index contributed by atoms with van der Waals surface area (Å²) < 4.78 is 0. The second-order valence-corrected chi connectivity index (χ2v) is 5.46. The summed E-state index contributed by atoms with van der Waals surface area (Å²) in [6, 6.07) is -0.380. The Morgan fingerprint density at radius 3 is 2.65 bits per heavy atom. The third kappa shape index (κ3) is 2.37. The lowest BCUT2D eigenvalue weighted by atomic mass is 10.2. The molecule has 1 fully saturated rings. The van der Waals surface area contributed by atoms with Crippen LogP contribution in [0, 0.1) is 13.8 Å². The number of nitrogens with zero attached hydrogens (tertiary/aromatic N) is 2. The van der Waals surface area contributed by atoms with Gasteiger partial charge in [-0.05, 0) is 13.8 Å². The van der Waals surface area contributed by atoms with Crippen LogP contribution < -0.4 is 5.32 Å². The molecule has 0 radical (unpaired) electrons. The molecule has 1 aliphatic heterocycles. The molecule has 1 aliphatic rings. The molecule has 1 N–H and O–H groups in total. The lowest BCUT2D eigenvalue weighted by molar-refractivity contribution is -0.137. The molecule has 0 bridgehead atoms. The Morgan fingerprint density at radius 2 is 2.18 bits per heavy atom. The molecule has 92 valence electrons. The minimum absolute atomic E-state index is 0.121. The van der Waals surface area contributed by atoms with Gasteiger partial charge in [0.1, 0.15) is 0 Å². The highest BCUT2D eigenvalue weighted by Gasteiger charge is 2.35. The average Bonchev–Trinajstić information content (AvgIpc) is 2.71. The van der Waals surface area contributed by atoms with Crippen molar-refractivity contribution in [2.75, 3.05) is 7.05 Å². The lowest BCUT2D eigenvalue weighted by Crippen LogP contribution is -2.36. The second-order valence-electron chi connectivity index (χ2n) is 4.17. The molecule has 0 spiro atoms. The van der Waals surface area contributed by atoms with Crippen molar-refractivity contribution in [3.63, 3.8) is 0 Å². The Labute approximate surface area is 104 Å². The lowest BCUT2D eigenvalue weighted by Gasteiger charge is -2.10. The van der Waals surface area contributed by atoms with Gasteiger partial charge in [-0.15, -0.1) is 11.3 Å². The van der Waals surface area contributed by atoms with Crippen LogP contribution in [0.2, 0.25) is 0 Å². The number of likely N-dealkylation sites (N-methyl/N-ethyl adjacent to an activating group) is 1. The Balaban J connectivity index is 1.98. The first-order chi connectivity index (χ1) is 7.99. The van der Waals surface area contributed by atoms with Crippen LogP contribution in [0.5, 0.6) is 0 Å². The molecule has 6 heteroatoms. The van der Waals surface area contributed by atoms with Crippen LogP contribution in [0.1, 0.15) is 22.0 Å². The van der Waals surface area contributed by atoms with Crippen molar-refractivity contribution < 1.29 is 9.59 Å². The number of carbonyl (C=O) groups excluding carboxylic acids is 2. The van der Waals surface area contributed by atoms with Gasteiger partial charge < -0.3 is 5.32 Å². The standard InChI is InChI=1S/C11H15N3O2S/c1-6-9(17-7(2)13-6)5-12-8-4-10(15)14(3)11(8)16/h8,12H,4-5H2,1-3H3. The first-order valence-electron chi connectivity index (χ1n) is 5.45.